The van der Waals surface area contributed by atoms with Gasteiger partial charge in [0.15, 0.2) is 5.65 Å². The summed E-state index contributed by atoms with van der Waals surface area (Å²) < 4.78 is 7.88. The second kappa shape index (κ2) is 7.20. The quantitative estimate of drug-likeness (QED) is 0.470. The molecule has 0 amide bonds. The summed E-state index contributed by atoms with van der Waals surface area (Å²) in [5.41, 5.74) is 5.18. The van der Waals surface area contributed by atoms with Gasteiger partial charge in [-0.1, -0.05) is 30.3 Å². The van der Waals surface area contributed by atoms with Gasteiger partial charge in [-0.2, -0.15) is 0 Å². The maximum Gasteiger partial charge on any atom is 0.161 e. The normalized spacial score (nSPS) is 24.8. The molecule has 3 aromatic heterocycles. The second-order valence-electron chi connectivity index (χ2n) is 9.38. The van der Waals surface area contributed by atoms with Crippen LogP contribution in [0.4, 0.5) is 0 Å². The summed E-state index contributed by atoms with van der Waals surface area (Å²) in [6.45, 7) is 1.59. The van der Waals surface area contributed by atoms with Crippen molar-refractivity contribution < 1.29 is 4.74 Å². The fourth-order valence-corrected chi connectivity index (χ4v) is 5.76. The number of benzene rings is 1. The van der Waals surface area contributed by atoms with E-state index in [0.717, 1.165) is 54.3 Å². The van der Waals surface area contributed by atoms with E-state index in [1.165, 1.54) is 24.2 Å². The highest BCUT2D eigenvalue weighted by Crippen LogP contribution is 2.55. The minimum absolute atomic E-state index is 0.316. The van der Waals surface area contributed by atoms with Gasteiger partial charge in [-0.3, -0.25) is 0 Å². The van der Waals surface area contributed by atoms with E-state index in [2.05, 4.69) is 57.0 Å². The number of fused-ring (bicyclic) bond motifs is 1. The Labute approximate surface area is 186 Å². The van der Waals surface area contributed by atoms with E-state index >= 15 is 0 Å². The number of aromatic nitrogens is 5. The summed E-state index contributed by atoms with van der Waals surface area (Å²) in [4.78, 5) is 19.5. The lowest BCUT2D eigenvalue weighted by Gasteiger charge is -2.47. The Morgan fingerprint density at radius 3 is 2.41 bits per heavy atom. The van der Waals surface area contributed by atoms with Gasteiger partial charge in [0.1, 0.15) is 17.2 Å². The summed E-state index contributed by atoms with van der Waals surface area (Å²) in [6, 6.07) is 15.3. The zero-order chi connectivity index (χ0) is 21.1. The SMILES string of the molecule is c1ccc(C2C3CC(C3)c3nc4ccc(-c5cnc(C6CCOCC6)nc5)nc4n32)cc1. The van der Waals surface area contributed by atoms with Gasteiger partial charge in [0, 0.05) is 43.0 Å². The lowest BCUT2D eigenvalue weighted by Crippen LogP contribution is -2.39. The van der Waals surface area contributed by atoms with Crippen LogP contribution in [-0.4, -0.2) is 37.7 Å². The summed E-state index contributed by atoms with van der Waals surface area (Å²) in [5.74, 6) is 3.75. The Bertz CT molecular complexity index is 1270. The predicted octanol–water partition coefficient (Wildman–Crippen LogP) is 4.88. The molecule has 1 saturated carbocycles. The lowest BCUT2D eigenvalue weighted by atomic mass is 9.66. The first-order valence-electron chi connectivity index (χ1n) is 11.7. The summed E-state index contributed by atoms with van der Waals surface area (Å²) in [7, 11) is 0. The maximum absolute atomic E-state index is 5.47. The van der Waals surface area contributed by atoms with Gasteiger partial charge in [0.2, 0.25) is 0 Å². The molecule has 2 fully saturated rings. The van der Waals surface area contributed by atoms with E-state index in [4.69, 9.17) is 14.7 Å². The van der Waals surface area contributed by atoms with Gasteiger partial charge >= 0.3 is 0 Å². The van der Waals surface area contributed by atoms with E-state index in [0.29, 0.717) is 23.8 Å². The van der Waals surface area contributed by atoms with E-state index in [1.807, 2.05) is 12.4 Å². The molecule has 2 bridgehead atoms. The summed E-state index contributed by atoms with van der Waals surface area (Å²) in [6.07, 6.45) is 8.30. The predicted molar refractivity (Wildman–Crippen MR) is 121 cm³/mol. The largest absolute Gasteiger partial charge is 0.381 e. The number of nitrogens with zero attached hydrogens (tertiary/aromatic N) is 5. The molecule has 0 N–H and O–H groups in total. The third kappa shape index (κ3) is 2.82. The van der Waals surface area contributed by atoms with Crippen molar-refractivity contribution in [2.45, 2.75) is 43.6 Å². The van der Waals surface area contributed by atoms with Crippen LogP contribution >= 0.6 is 0 Å². The summed E-state index contributed by atoms with van der Waals surface area (Å²) in [5, 5.41) is 0. The van der Waals surface area contributed by atoms with Gasteiger partial charge in [-0.05, 0) is 49.3 Å². The van der Waals surface area contributed by atoms with Crippen molar-refractivity contribution >= 4 is 11.2 Å². The highest BCUT2D eigenvalue weighted by Gasteiger charge is 2.46. The minimum atomic E-state index is 0.316. The highest BCUT2D eigenvalue weighted by molar-refractivity contribution is 5.76. The maximum atomic E-state index is 5.47. The zero-order valence-corrected chi connectivity index (χ0v) is 17.9. The topological polar surface area (TPSA) is 65.7 Å². The van der Waals surface area contributed by atoms with Gasteiger partial charge in [0.05, 0.1) is 11.7 Å². The fourth-order valence-electron chi connectivity index (χ4n) is 5.76. The monoisotopic (exact) mass is 423 g/mol. The Morgan fingerprint density at radius 1 is 0.844 bits per heavy atom. The first-order chi connectivity index (χ1) is 15.8. The van der Waals surface area contributed by atoms with Crippen LogP contribution in [0.2, 0.25) is 0 Å². The van der Waals surface area contributed by atoms with Crippen molar-refractivity contribution in [3.8, 4) is 11.3 Å². The second-order valence-corrected chi connectivity index (χ2v) is 9.38. The van der Waals surface area contributed by atoms with Crippen LogP contribution in [0.25, 0.3) is 22.4 Å². The van der Waals surface area contributed by atoms with E-state index in [1.54, 1.807) is 0 Å². The number of pyridine rings is 1. The minimum Gasteiger partial charge on any atom is -0.381 e. The molecule has 3 aliphatic heterocycles. The molecule has 32 heavy (non-hydrogen) atoms. The smallest absolute Gasteiger partial charge is 0.161 e. The molecule has 1 atom stereocenters. The summed E-state index contributed by atoms with van der Waals surface area (Å²) >= 11 is 0. The number of hydrogen-bond acceptors (Lipinski definition) is 5. The molecule has 4 aliphatic rings. The Hall–Kier alpha value is -3.12. The van der Waals surface area contributed by atoms with Crippen LogP contribution < -0.4 is 0 Å². The molecule has 1 unspecified atom stereocenters. The molecule has 1 saturated heterocycles. The third-order valence-corrected chi connectivity index (χ3v) is 7.52. The molecule has 6 heteroatoms. The van der Waals surface area contributed by atoms with Crippen LogP contribution in [0.5, 0.6) is 0 Å². The molecule has 160 valence electrons. The van der Waals surface area contributed by atoms with E-state index in [-0.39, 0.29) is 0 Å². The molecule has 1 aliphatic carbocycles. The van der Waals surface area contributed by atoms with Crippen LogP contribution in [0.3, 0.4) is 0 Å². The van der Waals surface area contributed by atoms with Gasteiger partial charge in [-0.15, -0.1) is 0 Å². The zero-order valence-electron chi connectivity index (χ0n) is 17.9. The Kier molecular flexibility index (Phi) is 4.15. The molecule has 1 aromatic carbocycles. The number of ether oxygens (including phenoxy) is 1. The average molecular weight is 424 g/mol. The molecule has 4 aromatic rings. The van der Waals surface area contributed by atoms with E-state index in [9.17, 15) is 0 Å². The van der Waals surface area contributed by atoms with Crippen molar-refractivity contribution in [2.24, 2.45) is 5.92 Å². The van der Waals surface area contributed by atoms with Crippen LogP contribution in [-0.2, 0) is 4.74 Å². The number of rotatable bonds is 3. The fraction of sp³-hybridized carbons (Fsp3) is 0.385. The standard InChI is InChI=1S/C26H25N5O/c1-2-4-16(5-3-1)23-18-12-19(13-18)25-30-22-7-6-21(29-26(22)31(23)25)20-14-27-24(28-15-20)17-8-10-32-11-9-17/h1-7,14-15,17-19,23H,8-13H2. The highest BCUT2D eigenvalue weighted by atomic mass is 16.5. The van der Waals surface area contributed by atoms with Crippen molar-refractivity contribution in [1.29, 1.82) is 0 Å². The van der Waals surface area contributed by atoms with Crippen molar-refractivity contribution in [3.05, 3.63) is 72.1 Å². The van der Waals surface area contributed by atoms with Crippen LogP contribution in [0, 0.1) is 5.92 Å². The van der Waals surface area contributed by atoms with Crippen molar-refractivity contribution in [3.63, 3.8) is 0 Å². The van der Waals surface area contributed by atoms with Gasteiger partial charge in [0.25, 0.3) is 0 Å². The van der Waals surface area contributed by atoms with Crippen LogP contribution in [0.15, 0.2) is 54.9 Å². The first-order valence-corrected chi connectivity index (χ1v) is 11.7. The van der Waals surface area contributed by atoms with Crippen molar-refractivity contribution in [2.75, 3.05) is 13.2 Å². The molecule has 0 spiro atoms. The molecular formula is C26H25N5O. The number of imidazole rings is 1. The first kappa shape index (κ1) is 18.5. The average Bonchev–Trinajstić information content (AvgIpc) is 3.23. The Balaban J connectivity index is 1.29. The van der Waals surface area contributed by atoms with E-state index < -0.39 is 0 Å². The van der Waals surface area contributed by atoms with Crippen LogP contribution in [0.1, 0.15) is 60.8 Å². The van der Waals surface area contributed by atoms with Crippen molar-refractivity contribution in [1.82, 2.24) is 24.5 Å². The Morgan fingerprint density at radius 2 is 1.62 bits per heavy atom. The molecule has 6 nitrogen and oxygen atoms in total. The molecular weight excluding hydrogens is 398 g/mol. The molecule has 8 rings (SSSR count). The number of hydrogen-bond donors (Lipinski definition) is 0. The molecule has 6 heterocycles. The van der Waals surface area contributed by atoms with Gasteiger partial charge in [-0.25, -0.2) is 19.9 Å². The molecule has 0 radical (unpaired) electrons. The third-order valence-electron chi connectivity index (χ3n) is 7.52. The lowest BCUT2D eigenvalue weighted by molar-refractivity contribution is 0.0836. The van der Waals surface area contributed by atoms with Gasteiger partial charge < -0.3 is 9.30 Å².